The standard InChI is InChI=1S/C12H23N3O/c1-5-6-10(2)14-12(16)9-15(4)11(3)7-8-13/h10-11H,5-7,9H2,1-4H3,(H,14,16). The van der Waals surface area contributed by atoms with Crippen LogP contribution in [0.25, 0.3) is 0 Å². The molecule has 4 heteroatoms. The first-order valence-electron chi connectivity index (χ1n) is 5.87. The molecule has 0 aromatic carbocycles. The fourth-order valence-corrected chi connectivity index (χ4v) is 1.50. The van der Waals surface area contributed by atoms with Crippen molar-refractivity contribution in [2.45, 2.75) is 52.1 Å². The largest absolute Gasteiger partial charge is 0.353 e. The number of nitrogens with zero attached hydrogens (tertiary/aromatic N) is 2. The Kier molecular flexibility index (Phi) is 7.57. The van der Waals surface area contributed by atoms with E-state index in [2.05, 4.69) is 18.3 Å². The first-order chi connectivity index (χ1) is 7.51. The number of carbonyl (C=O) groups is 1. The molecule has 0 saturated carbocycles. The van der Waals surface area contributed by atoms with Crippen LogP contribution in [-0.4, -0.2) is 36.5 Å². The first kappa shape index (κ1) is 14.9. The SMILES string of the molecule is CCCC(C)NC(=O)CN(C)C(C)CC#N. The van der Waals surface area contributed by atoms with Gasteiger partial charge in [-0.05, 0) is 27.3 Å². The lowest BCUT2D eigenvalue weighted by Crippen LogP contribution is -2.42. The van der Waals surface area contributed by atoms with E-state index < -0.39 is 0 Å². The smallest absolute Gasteiger partial charge is 0.234 e. The number of hydrogen-bond donors (Lipinski definition) is 1. The van der Waals surface area contributed by atoms with Crippen LogP contribution in [0, 0.1) is 11.3 Å². The number of likely N-dealkylation sites (N-methyl/N-ethyl adjacent to an activating group) is 1. The number of rotatable bonds is 7. The molecule has 92 valence electrons. The summed E-state index contributed by atoms with van der Waals surface area (Å²) in [4.78, 5) is 13.5. The van der Waals surface area contributed by atoms with Gasteiger partial charge in [-0.25, -0.2) is 0 Å². The third-order valence-corrected chi connectivity index (χ3v) is 2.66. The summed E-state index contributed by atoms with van der Waals surface area (Å²) in [7, 11) is 1.87. The number of nitriles is 1. The Hall–Kier alpha value is -1.08. The molecule has 2 unspecified atom stereocenters. The molecule has 0 fully saturated rings. The zero-order chi connectivity index (χ0) is 12.6. The summed E-state index contributed by atoms with van der Waals surface area (Å²) in [6.07, 6.45) is 2.53. The molecular formula is C12H23N3O. The second-order valence-electron chi connectivity index (χ2n) is 4.38. The molecule has 0 bridgehead atoms. The Labute approximate surface area is 98.6 Å². The Morgan fingerprint density at radius 3 is 2.62 bits per heavy atom. The van der Waals surface area contributed by atoms with Crippen molar-refractivity contribution in [2.24, 2.45) is 0 Å². The van der Waals surface area contributed by atoms with Gasteiger partial charge in [0.1, 0.15) is 0 Å². The molecule has 0 aliphatic heterocycles. The molecule has 1 N–H and O–H groups in total. The van der Waals surface area contributed by atoms with Gasteiger partial charge in [0.25, 0.3) is 0 Å². The lowest BCUT2D eigenvalue weighted by molar-refractivity contribution is -0.123. The predicted molar refractivity (Wildman–Crippen MR) is 64.8 cm³/mol. The summed E-state index contributed by atoms with van der Waals surface area (Å²) < 4.78 is 0. The molecule has 0 aromatic heterocycles. The van der Waals surface area contributed by atoms with Gasteiger partial charge in [-0.1, -0.05) is 13.3 Å². The molecule has 0 spiro atoms. The molecule has 16 heavy (non-hydrogen) atoms. The highest BCUT2D eigenvalue weighted by molar-refractivity contribution is 5.78. The molecule has 0 aliphatic rings. The summed E-state index contributed by atoms with van der Waals surface area (Å²) in [5.74, 6) is 0.0354. The van der Waals surface area contributed by atoms with E-state index >= 15 is 0 Å². The minimum atomic E-state index is 0.0354. The monoisotopic (exact) mass is 225 g/mol. The van der Waals surface area contributed by atoms with Gasteiger partial charge in [-0.3, -0.25) is 9.69 Å². The van der Waals surface area contributed by atoms with E-state index in [4.69, 9.17) is 5.26 Å². The van der Waals surface area contributed by atoms with Crippen molar-refractivity contribution in [3.05, 3.63) is 0 Å². The van der Waals surface area contributed by atoms with E-state index in [0.717, 1.165) is 12.8 Å². The van der Waals surface area contributed by atoms with Gasteiger partial charge in [0, 0.05) is 12.1 Å². The maximum atomic E-state index is 11.6. The normalized spacial score (nSPS) is 14.2. The van der Waals surface area contributed by atoms with Crippen LogP contribution in [0.2, 0.25) is 0 Å². The first-order valence-corrected chi connectivity index (χ1v) is 5.87. The summed E-state index contributed by atoms with van der Waals surface area (Å²) in [6.45, 7) is 6.42. The van der Waals surface area contributed by atoms with Gasteiger partial charge in [0.05, 0.1) is 19.0 Å². The third-order valence-electron chi connectivity index (χ3n) is 2.66. The van der Waals surface area contributed by atoms with Crippen molar-refractivity contribution in [1.82, 2.24) is 10.2 Å². The van der Waals surface area contributed by atoms with Gasteiger partial charge in [-0.2, -0.15) is 5.26 Å². The average molecular weight is 225 g/mol. The second kappa shape index (κ2) is 8.12. The molecule has 0 aromatic rings. The van der Waals surface area contributed by atoms with Crippen LogP contribution in [-0.2, 0) is 4.79 Å². The van der Waals surface area contributed by atoms with Crippen LogP contribution in [0.5, 0.6) is 0 Å². The topological polar surface area (TPSA) is 56.1 Å². The number of hydrogen-bond acceptors (Lipinski definition) is 3. The Bertz CT molecular complexity index is 247. The Balaban J connectivity index is 3.91. The summed E-state index contributed by atoms with van der Waals surface area (Å²) >= 11 is 0. The van der Waals surface area contributed by atoms with Crippen LogP contribution in [0.15, 0.2) is 0 Å². The quantitative estimate of drug-likeness (QED) is 0.715. The van der Waals surface area contributed by atoms with E-state index in [9.17, 15) is 4.79 Å². The van der Waals surface area contributed by atoms with Crippen LogP contribution in [0.3, 0.4) is 0 Å². The van der Waals surface area contributed by atoms with Gasteiger partial charge in [-0.15, -0.1) is 0 Å². The lowest BCUT2D eigenvalue weighted by Gasteiger charge is -2.23. The van der Waals surface area contributed by atoms with E-state index in [1.54, 1.807) is 0 Å². The second-order valence-corrected chi connectivity index (χ2v) is 4.38. The molecule has 0 saturated heterocycles. The number of amides is 1. The van der Waals surface area contributed by atoms with Crippen molar-refractivity contribution in [3.63, 3.8) is 0 Å². The molecule has 0 rings (SSSR count). The highest BCUT2D eigenvalue weighted by Gasteiger charge is 2.13. The molecule has 0 heterocycles. The maximum Gasteiger partial charge on any atom is 0.234 e. The summed E-state index contributed by atoms with van der Waals surface area (Å²) in [5.41, 5.74) is 0. The van der Waals surface area contributed by atoms with Crippen molar-refractivity contribution in [2.75, 3.05) is 13.6 Å². The zero-order valence-electron chi connectivity index (χ0n) is 10.8. The minimum Gasteiger partial charge on any atom is -0.353 e. The maximum absolute atomic E-state index is 11.6. The lowest BCUT2D eigenvalue weighted by atomic mass is 10.2. The van der Waals surface area contributed by atoms with Crippen LogP contribution in [0.4, 0.5) is 0 Å². The van der Waals surface area contributed by atoms with Crippen LogP contribution < -0.4 is 5.32 Å². The van der Waals surface area contributed by atoms with Crippen molar-refractivity contribution >= 4 is 5.91 Å². The summed E-state index contributed by atoms with van der Waals surface area (Å²) in [5, 5.41) is 11.5. The third kappa shape index (κ3) is 6.41. The van der Waals surface area contributed by atoms with E-state index in [1.165, 1.54) is 0 Å². The number of carbonyl (C=O) groups excluding carboxylic acids is 1. The van der Waals surface area contributed by atoms with E-state index in [1.807, 2.05) is 25.8 Å². The highest BCUT2D eigenvalue weighted by atomic mass is 16.2. The van der Waals surface area contributed by atoms with Gasteiger partial charge in [0.15, 0.2) is 0 Å². The molecule has 1 amide bonds. The Morgan fingerprint density at radius 1 is 1.50 bits per heavy atom. The molecule has 0 aliphatic carbocycles. The average Bonchev–Trinajstić information content (AvgIpc) is 2.17. The van der Waals surface area contributed by atoms with Gasteiger partial charge >= 0.3 is 0 Å². The molecule has 0 radical (unpaired) electrons. The van der Waals surface area contributed by atoms with Crippen molar-refractivity contribution in [3.8, 4) is 6.07 Å². The number of nitrogens with one attached hydrogen (secondary N) is 1. The highest BCUT2D eigenvalue weighted by Crippen LogP contribution is 2.00. The van der Waals surface area contributed by atoms with Gasteiger partial charge in [0.2, 0.25) is 5.91 Å². The molecule has 2 atom stereocenters. The molecule has 4 nitrogen and oxygen atoms in total. The fourth-order valence-electron chi connectivity index (χ4n) is 1.50. The summed E-state index contributed by atoms with van der Waals surface area (Å²) in [6, 6.07) is 2.47. The fraction of sp³-hybridized carbons (Fsp3) is 0.833. The van der Waals surface area contributed by atoms with Crippen molar-refractivity contribution in [1.29, 1.82) is 5.26 Å². The van der Waals surface area contributed by atoms with E-state index in [-0.39, 0.29) is 18.0 Å². The zero-order valence-corrected chi connectivity index (χ0v) is 10.8. The predicted octanol–water partition coefficient (Wildman–Crippen LogP) is 1.53. The van der Waals surface area contributed by atoms with Gasteiger partial charge < -0.3 is 5.32 Å². The van der Waals surface area contributed by atoms with Crippen molar-refractivity contribution < 1.29 is 4.79 Å². The Morgan fingerprint density at radius 2 is 2.12 bits per heavy atom. The minimum absolute atomic E-state index is 0.0354. The molecular weight excluding hydrogens is 202 g/mol. The van der Waals surface area contributed by atoms with Crippen LogP contribution in [0.1, 0.15) is 40.0 Å². The van der Waals surface area contributed by atoms with E-state index in [0.29, 0.717) is 13.0 Å². The van der Waals surface area contributed by atoms with Crippen LogP contribution >= 0.6 is 0 Å².